The Morgan fingerprint density at radius 3 is 2.44 bits per heavy atom. The third-order valence-corrected chi connectivity index (χ3v) is 10.6. The van der Waals surface area contributed by atoms with Crippen LogP contribution in [0.5, 0.6) is 0 Å². The lowest BCUT2D eigenvalue weighted by Gasteiger charge is -2.63. The van der Waals surface area contributed by atoms with Crippen molar-refractivity contribution in [1.29, 1.82) is 0 Å². The van der Waals surface area contributed by atoms with Gasteiger partial charge in [0.2, 0.25) is 0 Å². The van der Waals surface area contributed by atoms with Crippen LogP contribution in [-0.2, 0) is 28.5 Å². The summed E-state index contributed by atoms with van der Waals surface area (Å²) in [7, 11) is 3.17. The van der Waals surface area contributed by atoms with Crippen LogP contribution in [0.15, 0.2) is 41.5 Å². The molecule has 8 nitrogen and oxygen atoms in total. The first-order valence-corrected chi connectivity index (χ1v) is 14.0. The maximum Gasteiger partial charge on any atom is 0.308 e. The monoisotopic (exact) mass is 541 g/mol. The van der Waals surface area contributed by atoms with Gasteiger partial charge >= 0.3 is 5.97 Å². The predicted molar refractivity (Wildman–Crippen MR) is 145 cm³/mol. The highest BCUT2D eigenvalue weighted by molar-refractivity contribution is 5.93. The van der Waals surface area contributed by atoms with Crippen molar-refractivity contribution in [1.82, 2.24) is 0 Å². The van der Waals surface area contributed by atoms with Crippen LogP contribution in [-0.4, -0.2) is 67.7 Å². The summed E-state index contributed by atoms with van der Waals surface area (Å²) >= 11 is 0. The maximum atomic E-state index is 14.5. The van der Waals surface area contributed by atoms with E-state index in [1.54, 1.807) is 7.11 Å². The molecule has 1 aromatic rings. The van der Waals surface area contributed by atoms with Gasteiger partial charge in [-0.05, 0) is 42.9 Å². The van der Waals surface area contributed by atoms with E-state index in [-0.39, 0.29) is 42.7 Å². The average Bonchev–Trinajstić information content (AvgIpc) is 2.88. The molecule has 3 aliphatic carbocycles. The Bertz CT molecular complexity index is 1150. The number of hydrogen-bond acceptors (Lipinski definition) is 8. The van der Waals surface area contributed by atoms with Crippen LogP contribution in [0.2, 0.25) is 0 Å². The van der Waals surface area contributed by atoms with Crippen LogP contribution in [0, 0.1) is 22.7 Å². The molecule has 3 unspecified atom stereocenters. The molecule has 1 aliphatic heterocycles. The summed E-state index contributed by atoms with van der Waals surface area (Å²) in [5.74, 6) is -0.521. The first-order valence-electron chi connectivity index (χ1n) is 14.0. The lowest BCUT2D eigenvalue weighted by atomic mass is 9.47. The number of aliphatic hydroxyl groups is 1. The van der Waals surface area contributed by atoms with Gasteiger partial charge in [-0.3, -0.25) is 9.59 Å². The van der Waals surface area contributed by atoms with Crippen molar-refractivity contribution >= 4 is 11.8 Å². The second kappa shape index (κ2) is 10.1. The minimum absolute atomic E-state index is 0.00129. The van der Waals surface area contributed by atoms with Gasteiger partial charge in [0, 0.05) is 44.4 Å². The van der Waals surface area contributed by atoms with Gasteiger partial charge in [0.05, 0.1) is 36.3 Å². The number of hydrogen-bond donors (Lipinski definition) is 2. The molecule has 1 saturated heterocycles. The van der Waals surface area contributed by atoms with Crippen LogP contribution >= 0.6 is 0 Å². The number of ketones is 1. The molecule has 1 aromatic carbocycles. The van der Waals surface area contributed by atoms with Crippen LogP contribution in [0.4, 0.5) is 0 Å². The lowest BCUT2D eigenvalue weighted by Crippen LogP contribution is -2.69. The van der Waals surface area contributed by atoms with Gasteiger partial charge < -0.3 is 29.8 Å². The highest BCUT2D eigenvalue weighted by Crippen LogP contribution is 2.62. The second-order valence-corrected chi connectivity index (χ2v) is 12.7. The average molecular weight is 542 g/mol. The summed E-state index contributed by atoms with van der Waals surface area (Å²) in [6.45, 7) is 8.37. The Morgan fingerprint density at radius 1 is 1.15 bits per heavy atom. The van der Waals surface area contributed by atoms with Crippen LogP contribution in [0.1, 0.15) is 65.0 Å². The van der Waals surface area contributed by atoms with E-state index >= 15 is 0 Å². The number of carbonyl (C=O) groups is 2. The number of rotatable bonds is 6. The van der Waals surface area contributed by atoms with Crippen molar-refractivity contribution < 1.29 is 33.6 Å². The standard InChI is InChI=1S/C31H43NO7/c1-17-23(39-25(33)12-21(32)18-10-8-7-9-11-18)15-31(35)14-20-19-16-38-22(19)13-24(36-5)30(20,4)28(34)27(37-6)26(17)29(31,2)3/h7-11,19-24,27,35H,12-16,32H2,1-6H3/t19?,20?,21-,22?,23+,24+,27-,30+,31+/m1/s1. The molecule has 4 aliphatic rings. The summed E-state index contributed by atoms with van der Waals surface area (Å²) in [5, 5.41) is 12.5. The van der Waals surface area contributed by atoms with Crippen LogP contribution < -0.4 is 5.73 Å². The minimum Gasteiger partial charge on any atom is -0.458 e. The molecule has 3 fully saturated rings. The Morgan fingerprint density at radius 2 is 1.85 bits per heavy atom. The molecule has 0 spiro atoms. The molecular weight excluding hydrogens is 498 g/mol. The van der Waals surface area contributed by atoms with E-state index in [2.05, 4.69) is 0 Å². The van der Waals surface area contributed by atoms with E-state index in [0.717, 1.165) is 11.1 Å². The van der Waals surface area contributed by atoms with E-state index in [0.29, 0.717) is 25.0 Å². The first kappa shape index (κ1) is 28.4. The van der Waals surface area contributed by atoms with Crippen molar-refractivity contribution in [2.75, 3.05) is 20.8 Å². The number of ether oxygens (including phenoxy) is 4. The van der Waals surface area contributed by atoms with Gasteiger partial charge in [0.15, 0.2) is 5.78 Å². The number of Topliss-reactive ketones (excluding diaryl/α,β-unsaturated/α-hetero) is 1. The van der Waals surface area contributed by atoms with Gasteiger partial charge in [-0.15, -0.1) is 0 Å². The SMILES string of the molecule is CO[C@H]1C(=O)[C@@]2(C)C(C[C@]3(O)C[C@H](OC(=O)C[C@@H](N)c4ccccc4)C(C)=C1C3(C)C)C1COC1C[C@@H]2OC. The van der Waals surface area contributed by atoms with E-state index < -0.39 is 40.7 Å². The van der Waals surface area contributed by atoms with Crippen molar-refractivity contribution in [2.24, 2.45) is 28.4 Å². The fraction of sp³-hybridized carbons (Fsp3) is 0.677. The third-order valence-electron chi connectivity index (χ3n) is 10.6. The number of methoxy groups -OCH3 is 2. The van der Waals surface area contributed by atoms with Gasteiger partial charge in [0.25, 0.3) is 0 Å². The van der Waals surface area contributed by atoms with Gasteiger partial charge in [-0.25, -0.2) is 0 Å². The number of esters is 1. The van der Waals surface area contributed by atoms with Gasteiger partial charge in [0.1, 0.15) is 12.2 Å². The fourth-order valence-corrected chi connectivity index (χ4v) is 7.99. The van der Waals surface area contributed by atoms with Crippen molar-refractivity contribution in [2.45, 2.75) is 89.4 Å². The minimum atomic E-state index is -1.26. The Hall–Kier alpha value is -2.10. The molecule has 5 rings (SSSR count). The summed E-state index contributed by atoms with van der Waals surface area (Å²) < 4.78 is 23.8. The molecule has 3 N–H and O–H groups in total. The number of fused-ring (bicyclic) bond motifs is 5. The number of nitrogens with two attached hydrogens (primary N) is 1. The molecule has 2 bridgehead atoms. The highest BCUT2D eigenvalue weighted by atomic mass is 16.5. The number of carbonyl (C=O) groups excluding carboxylic acids is 2. The molecule has 2 saturated carbocycles. The molecule has 0 radical (unpaired) electrons. The molecule has 39 heavy (non-hydrogen) atoms. The molecule has 214 valence electrons. The summed E-state index contributed by atoms with van der Waals surface area (Å²) in [5.41, 5.74) is 5.69. The Kier molecular flexibility index (Phi) is 7.34. The molecule has 8 heteroatoms. The lowest BCUT2D eigenvalue weighted by molar-refractivity contribution is -0.247. The van der Waals surface area contributed by atoms with E-state index in [1.807, 2.05) is 58.0 Å². The van der Waals surface area contributed by atoms with Crippen molar-refractivity contribution in [3.05, 3.63) is 47.0 Å². The van der Waals surface area contributed by atoms with Crippen LogP contribution in [0.25, 0.3) is 0 Å². The fourth-order valence-electron chi connectivity index (χ4n) is 7.99. The zero-order valence-electron chi connectivity index (χ0n) is 23.9. The molecule has 0 aromatic heterocycles. The van der Waals surface area contributed by atoms with Crippen LogP contribution in [0.3, 0.4) is 0 Å². The summed E-state index contributed by atoms with van der Waals surface area (Å²) in [6, 6.07) is 8.93. The summed E-state index contributed by atoms with van der Waals surface area (Å²) in [4.78, 5) is 27.6. The second-order valence-electron chi connectivity index (χ2n) is 12.7. The van der Waals surface area contributed by atoms with E-state index in [4.69, 9.17) is 24.7 Å². The third kappa shape index (κ3) is 4.30. The van der Waals surface area contributed by atoms with Gasteiger partial charge in [-0.2, -0.15) is 0 Å². The normalized spacial score (nSPS) is 39.9. The first-order chi connectivity index (χ1) is 18.4. The smallest absolute Gasteiger partial charge is 0.308 e. The highest BCUT2D eigenvalue weighted by Gasteiger charge is 2.67. The summed E-state index contributed by atoms with van der Waals surface area (Å²) in [6.07, 6.45) is -0.699. The predicted octanol–water partition coefficient (Wildman–Crippen LogP) is 3.51. The Balaban J connectivity index is 1.53. The molecule has 9 atom stereocenters. The molecule has 1 heterocycles. The van der Waals surface area contributed by atoms with E-state index in [1.165, 1.54) is 7.11 Å². The molecule has 0 amide bonds. The zero-order chi connectivity index (χ0) is 28.3. The topological polar surface area (TPSA) is 117 Å². The maximum absolute atomic E-state index is 14.5. The quantitative estimate of drug-likeness (QED) is 0.415. The van der Waals surface area contributed by atoms with Crippen molar-refractivity contribution in [3.8, 4) is 0 Å². The largest absolute Gasteiger partial charge is 0.458 e. The Labute approximate surface area is 231 Å². The molecular formula is C31H43NO7. The van der Waals surface area contributed by atoms with Crippen molar-refractivity contribution in [3.63, 3.8) is 0 Å². The number of benzene rings is 1. The van der Waals surface area contributed by atoms with Gasteiger partial charge in [-0.1, -0.05) is 44.2 Å². The van der Waals surface area contributed by atoms with E-state index in [9.17, 15) is 14.7 Å². The zero-order valence-corrected chi connectivity index (χ0v) is 23.9.